The van der Waals surface area contributed by atoms with Crippen molar-refractivity contribution in [2.45, 2.75) is 220 Å². The van der Waals surface area contributed by atoms with Crippen molar-refractivity contribution < 1.29 is 4.79 Å². The van der Waals surface area contributed by atoms with Crippen LogP contribution in [-0.4, -0.2) is 6.29 Å². The van der Waals surface area contributed by atoms with E-state index in [-0.39, 0.29) is 5.92 Å². The summed E-state index contributed by atoms with van der Waals surface area (Å²) in [6, 6.07) is 0. The highest BCUT2D eigenvalue weighted by Gasteiger charge is 2.16. The number of hydrogen-bond acceptors (Lipinski definition) is 1. The van der Waals surface area contributed by atoms with Crippen LogP contribution < -0.4 is 0 Å². The van der Waals surface area contributed by atoms with E-state index in [1.807, 2.05) is 0 Å². The summed E-state index contributed by atoms with van der Waals surface area (Å²) in [4.78, 5) is 11.5. The highest BCUT2D eigenvalue weighted by molar-refractivity contribution is 5.54. The summed E-state index contributed by atoms with van der Waals surface area (Å²) in [7, 11) is 0. The number of carbonyl (C=O) groups excluding carboxylic acids is 1. The van der Waals surface area contributed by atoms with E-state index in [1.165, 1.54) is 193 Å². The molecule has 0 heterocycles. The van der Waals surface area contributed by atoms with E-state index in [2.05, 4.69) is 27.1 Å². The number of hydrogen-bond donors (Lipinski definition) is 0. The fraction of sp³-hybridized carbons (Fsp3) is 0.973. The van der Waals surface area contributed by atoms with Gasteiger partial charge in [0.25, 0.3) is 0 Å². The van der Waals surface area contributed by atoms with E-state index < -0.39 is 0 Å². The molecule has 1 nitrogen and oxygen atoms in total. The molecule has 0 saturated carbocycles. The fourth-order valence-corrected chi connectivity index (χ4v) is 6.06. The van der Waals surface area contributed by atoms with Crippen molar-refractivity contribution in [3.8, 4) is 0 Å². The van der Waals surface area contributed by atoms with Crippen LogP contribution in [0.3, 0.4) is 0 Å². The highest BCUT2D eigenvalue weighted by atomic mass is 16.1. The minimum atomic E-state index is 0.180. The molecule has 0 spiro atoms. The largest absolute Gasteiger partial charge is 0.291 e. The molecule has 227 valence electrons. The molecular formula is C37H73O. The van der Waals surface area contributed by atoms with Crippen molar-refractivity contribution in [3.05, 3.63) is 0 Å². The maximum atomic E-state index is 11.5. The average Bonchev–Trinajstić information content (AvgIpc) is 2.93. The Labute approximate surface area is 242 Å². The second-order valence-electron chi connectivity index (χ2n) is 12.8. The first kappa shape index (κ1) is 37.7. The molecule has 0 bridgehead atoms. The summed E-state index contributed by atoms with van der Waals surface area (Å²) in [6.45, 7) is 6.88. The van der Waals surface area contributed by atoms with Crippen LogP contribution in [0.4, 0.5) is 0 Å². The Morgan fingerprint density at radius 2 is 0.605 bits per heavy atom. The summed E-state index contributed by atoms with van der Waals surface area (Å²) in [5.41, 5.74) is 0. The second-order valence-corrected chi connectivity index (χ2v) is 12.8. The van der Waals surface area contributed by atoms with Gasteiger partial charge in [-0.3, -0.25) is 4.79 Å². The third kappa shape index (κ3) is 28.7. The van der Waals surface area contributed by atoms with Gasteiger partial charge in [0.1, 0.15) is 0 Å². The highest BCUT2D eigenvalue weighted by Crippen LogP contribution is 2.24. The van der Waals surface area contributed by atoms with Crippen molar-refractivity contribution in [3.63, 3.8) is 0 Å². The quantitative estimate of drug-likeness (QED) is 0.0766. The molecule has 0 fully saturated rings. The van der Waals surface area contributed by atoms with Crippen LogP contribution in [0.25, 0.3) is 0 Å². The molecule has 0 N–H and O–H groups in total. The van der Waals surface area contributed by atoms with Crippen molar-refractivity contribution >= 4 is 6.29 Å². The van der Waals surface area contributed by atoms with Gasteiger partial charge in [0.2, 0.25) is 6.29 Å². The molecule has 0 aromatic heterocycles. The first-order valence-corrected chi connectivity index (χ1v) is 18.1. The smallest absolute Gasteiger partial charge is 0.202 e. The molecule has 0 aliphatic rings. The van der Waals surface area contributed by atoms with Crippen LogP contribution in [-0.2, 0) is 4.79 Å². The maximum Gasteiger partial charge on any atom is 0.202 e. The Morgan fingerprint density at radius 3 is 0.868 bits per heavy atom. The fourth-order valence-electron chi connectivity index (χ4n) is 6.06. The molecule has 0 aromatic carbocycles. The van der Waals surface area contributed by atoms with Gasteiger partial charge >= 0.3 is 0 Å². The van der Waals surface area contributed by atoms with Crippen LogP contribution in [0.2, 0.25) is 0 Å². The Bertz CT molecular complexity index is 430. The lowest BCUT2D eigenvalue weighted by atomic mass is 9.86. The van der Waals surface area contributed by atoms with Crippen LogP contribution in [0.5, 0.6) is 0 Å². The summed E-state index contributed by atoms with van der Waals surface area (Å²) in [5.74, 6) is 0.704. The topological polar surface area (TPSA) is 17.1 Å². The van der Waals surface area contributed by atoms with Gasteiger partial charge in [-0.1, -0.05) is 213 Å². The molecule has 38 heavy (non-hydrogen) atoms. The van der Waals surface area contributed by atoms with Crippen molar-refractivity contribution in [1.82, 2.24) is 0 Å². The lowest BCUT2D eigenvalue weighted by Crippen LogP contribution is -2.13. The lowest BCUT2D eigenvalue weighted by molar-refractivity contribution is 0.357. The second kappa shape index (κ2) is 32.9. The van der Waals surface area contributed by atoms with Gasteiger partial charge in [0, 0.05) is 5.92 Å². The molecular weight excluding hydrogens is 460 g/mol. The third-order valence-corrected chi connectivity index (χ3v) is 8.97. The molecule has 1 heteroatoms. The predicted molar refractivity (Wildman–Crippen MR) is 173 cm³/mol. The van der Waals surface area contributed by atoms with E-state index in [9.17, 15) is 4.79 Å². The van der Waals surface area contributed by atoms with Crippen LogP contribution >= 0.6 is 0 Å². The Morgan fingerprint density at radius 1 is 0.368 bits per heavy atom. The average molecular weight is 534 g/mol. The minimum Gasteiger partial charge on any atom is -0.291 e. The Kier molecular flexibility index (Phi) is 32.6. The molecule has 2 atom stereocenters. The zero-order valence-corrected chi connectivity index (χ0v) is 27.0. The van der Waals surface area contributed by atoms with Crippen molar-refractivity contribution in [2.75, 3.05) is 0 Å². The van der Waals surface area contributed by atoms with Gasteiger partial charge in [0.05, 0.1) is 0 Å². The molecule has 0 aromatic rings. The van der Waals surface area contributed by atoms with Gasteiger partial charge in [-0.2, -0.15) is 0 Å². The van der Waals surface area contributed by atoms with Crippen LogP contribution in [0.1, 0.15) is 220 Å². The van der Waals surface area contributed by atoms with Gasteiger partial charge in [-0.25, -0.2) is 0 Å². The van der Waals surface area contributed by atoms with Gasteiger partial charge in [0.15, 0.2) is 0 Å². The summed E-state index contributed by atoms with van der Waals surface area (Å²) in [5, 5.41) is 0. The normalized spacial score (nSPS) is 13.1. The van der Waals surface area contributed by atoms with Gasteiger partial charge in [-0.05, 0) is 12.3 Å². The summed E-state index contributed by atoms with van der Waals surface area (Å²) in [6.07, 6.45) is 45.5. The number of unbranched alkanes of at least 4 members (excludes halogenated alkanes) is 27. The molecule has 0 aliphatic carbocycles. The van der Waals surface area contributed by atoms with E-state index in [0.717, 1.165) is 6.42 Å². The van der Waals surface area contributed by atoms with Crippen LogP contribution in [0.15, 0.2) is 0 Å². The first-order chi connectivity index (χ1) is 18.8. The molecule has 2 unspecified atom stereocenters. The molecule has 1 radical (unpaired) electrons. The van der Waals surface area contributed by atoms with Gasteiger partial charge in [-0.15, -0.1) is 0 Å². The number of rotatable bonds is 33. The summed E-state index contributed by atoms with van der Waals surface area (Å²) < 4.78 is 0. The molecule has 0 aliphatic heterocycles. The Balaban J connectivity index is 3.39. The van der Waals surface area contributed by atoms with Crippen molar-refractivity contribution in [1.29, 1.82) is 0 Å². The van der Waals surface area contributed by atoms with E-state index in [1.54, 1.807) is 0 Å². The van der Waals surface area contributed by atoms with Crippen LogP contribution in [0, 0.1) is 11.8 Å². The molecule has 0 saturated heterocycles. The van der Waals surface area contributed by atoms with E-state index in [4.69, 9.17) is 0 Å². The zero-order valence-electron chi connectivity index (χ0n) is 27.0. The minimum absolute atomic E-state index is 0.180. The van der Waals surface area contributed by atoms with E-state index >= 15 is 0 Å². The molecule has 0 rings (SSSR count). The van der Waals surface area contributed by atoms with Crippen molar-refractivity contribution in [2.24, 2.45) is 11.8 Å². The predicted octanol–water partition coefficient (Wildman–Crippen LogP) is 13.5. The maximum absolute atomic E-state index is 11.5. The first-order valence-electron chi connectivity index (χ1n) is 18.1. The van der Waals surface area contributed by atoms with E-state index in [0.29, 0.717) is 5.92 Å². The monoisotopic (exact) mass is 534 g/mol. The SMILES string of the molecule is CCCCCCCCCCCCCCCCCCC([C]=O)C(C)CCCCCCCCCCCCCCC. The Hall–Kier alpha value is -0.330. The molecule has 0 amide bonds. The standard InChI is InChI=1S/C37H73O/c1-4-6-8-10-12-14-16-18-19-20-22-24-26-28-30-32-34-37(35-38)36(3)33-31-29-27-25-23-21-17-15-13-11-9-7-5-2/h36-37H,4-34H2,1-3H3. The summed E-state index contributed by atoms with van der Waals surface area (Å²) >= 11 is 0. The lowest BCUT2D eigenvalue weighted by Gasteiger charge is -2.18. The zero-order chi connectivity index (χ0) is 27.8. The van der Waals surface area contributed by atoms with Gasteiger partial charge < -0.3 is 0 Å². The third-order valence-electron chi connectivity index (χ3n) is 8.97.